The van der Waals surface area contributed by atoms with Crippen LogP contribution >= 0.6 is 15.9 Å². The number of para-hydroxylation sites is 1. The number of benzene rings is 2. The molecule has 0 heterocycles. The van der Waals surface area contributed by atoms with E-state index in [2.05, 4.69) is 26.7 Å². The number of hydrogen-bond acceptors (Lipinski definition) is 5. The third-order valence-corrected chi connectivity index (χ3v) is 3.18. The smallest absolute Gasteiger partial charge is 0.316 e. The van der Waals surface area contributed by atoms with Crippen molar-refractivity contribution in [2.75, 3.05) is 10.7 Å². The summed E-state index contributed by atoms with van der Waals surface area (Å²) in [5, 5.41) is 14.0. The van der Waals surface area contributed by atoms with Crippen LogP contribution in [-0.2, 0) is 0 Å². The Morgan fingerprint density at radius 2 is 1.95 bits per heavy atom. The van der Waals surface area contributed by atoms with E-state index in [4.69, 9.17) is 5.84 Å². The molecule has 0 amide bonds. The minimum atomic E-state index is -0.546. The molecule has 0 atom stereocenters. The number of nitrogens with zero attached hydrogens (tertiary/aromatic N) is 1. The van der Waals surface area contributed by atoms with Gasteiger partial charge in [-0.1, -0.05) is 6.07 Å². The van der Waals surface area contributed by atoms with Crippen molar-refractivity contribution in [2.24, 2.45) is 5.84 Å². The Hall–Kier alpha value is -2.19. The fraction of sp³-hybridized carbons (Fsp3) is 0. The van der Waals surface area contributed by atoms with Gasteiger partial charge in [0.15, 0.2) is 0 Å². The molecule has 0 spiro atoms. The first-order valence-corrected chi connectivity index (χ1v) is 6.28. The van der Waals surface area contributed by atoms with Gasteiger partial charge in [-0.05, 0) is 46.3 Å². The highest BCUT2D eigenvalue weighted by molar-refractivity contribution is 9.10. The molecule has 0 aromatic heterocycles. The molecule has 0 aliphatic rings. The molecule has 0 saturated carbocycles. The van der Waals surface area contributed by atoms with E-state index in [0.29, 0.717) is 5.69 Å². The molecule has 6 nitrogen and oxygen atoms in total. The molecular formula is C12H10BrFN4O2. The lowest BCUT2D eigenvalue weighted by molar-refractivity contribution is -0.383. The Morgan fingerprint density at radius 1 is 1.25 bits per heavy atom. The molecule has 2 rings (SSSR count). The Labute approximate surface area is 122 Å². The van der Waals surface area contributed by atoms with E-state index in [1.807, 2.05) is 0 Å². The van der Waals surface area contributed by atoms with Gasteiger partial charge in [0.2, 0.25) is 0 Å². The summed E-state index contributed by atoms with van der Waals surface area (Å²) in [4.78, 5) is 10.6. The van der Waals surface area contributed by atoms with Crippen LogP contribution in [0.15, 0.2) is 40.9 Å². The Balaban J connectivity index is 2.42. The third kappa shape index (κ3) is 2.86. The quantitative estimate of drug-likeness (QED) is 0.449. The van der Waals surface area contributed by atoms with Crippen LogP contribution in [0.5, 0.6) is 0 Å². The van der Waals surface area contributed by atoms with Crippen molar-refractivity contribution in [3.63, 3.8) is 0 Å². The number of rotatable bonds is 4. The van der Waals surface area contributed by atoms with Gasteiger partial charge in [-0.3, -0.25) is 16.0 Å². The standard InChI is InChI=1S/C12H10BrFN4O2/c13-8-6-7(4-5-9(8)14)16-10-2-1-3-11(17-15)12(10)18(19)20/h1-6,16-17H,15H2. The Morgan fingerprint density at radius 3 is 2.55 bits per heavy atom. The van der Waals surface area contributed by atoms with E-state index in [-0.39, 0.29) is 21.5 Å². The van der Waals surface area contributed by atoms with Crippen molar-refractivity contribution in [1.29, 1.82) is 0 Å². The largest absolute Gasteiger partial charge is 0.350 e. The second-order valence-corrected chi connectivity index (χ2v) is 4.71. The van der Waals surface area contributed by atoms with E-state index >= 15 is 0 Å². The molecule has 0 aliphatic carbocycles. The topological polar surface area (TPSA) is 93.2 Å². The maximum absolute atomic E-state index is 13.2. The fourth-order valence-corrected chi connectivity index (χ4v) is 2.07. The van der Waals surface area contributed by atoms with Crippen LogP contribution in [0.4, 0.5) is 27.1 Å². The number of hydrogen-bond donors (Lipinski definition) is 3. The lowest BCUT2D eigenvalue weighted by Gasteiger charge is -2.10. The highest BCUT2D eigenvalue weighted by Gasteiger charge is 2.19. The van der Waals surface area contributed by atoms with Crippen LogP contribution < -0.4 is 16.6 Å². The molecule has 2 aromatic rings. The molecule has 0 bridgehead atoms. The summed E-state index contributed by atoms with van der Waals surface area (Å²) in [6.45, 7) is 0. The first-order chi connectivity index (χ1) is 9.52. The lowest BCUT2D eigenvalue weighted by Crippen LogP contribution is -2.10. The highest BCUT2D eigenvalue weighted by atomic mass is 79.9. The average molecular weight is 341 g/mol. The van der Waals surface area contributed by atoms with E-state index in [9.17, 15) is 14.5 Å². The summed E-state index contributed by atoms with van der Waals surface area (Å²) in [5.41, 5.74) is 3.03. The van der Waals surface area contributed by atoms with Gasteiger partial charge >= 0.3 is 5.69 Å². The normalized spacial score (nSPS) is 10.2. The molecule has 0 unspecified atom stereocenters. The van der Waals surface area contributed by atoms with E-state index in [1.54, 1.807) is 6.07 Å². The summed E-state index contributed by atoms with van der Waals surface area (Å²) in [6, 6.07) is 8.86. The molecule has 2 aromatic carbocycles. The molecule has 20 heavy (non-hydrogen) atoms. The summed E-state index contributed by atoms with van der Waals surface area (Å²) in [7, 11) is 0. The van der Waals surface area contributed by atoms with Gasteiger partial charge in [0, 0.05) is 5.69 Å². The molecule has 0 fully saturated rings. The van der Waals surface area contributed by atoms with Crippen LogP contribution in [0.25, 0.3) is 0 Å². The molecule has 0 aliphatic heterocycles. The minimum Gasteiger partial charge on any atom is -0.350 e. The predicted molar refractivity (Wildman–Crippen MR) is 78.3 cm³/mol. The van der Waals surface area contributed by atoms with Crippen molar-refractivity contribution in [2.45, 2.75) is 0 Å². The monoisotopic (exact) mass is 340 g/mol. The number of nitrogens with one attached hydrogen (secondary N) is 2. The Kier molecular flexibility index (Phi) is 4.16. The number of hydrazine groups is 1. The van der Waals surface area contributed by atoms with Gasteiger partial charge in [0.25, 0.3) is 0 Å². The number of halogens is 2. The number of nitrogens with two attached hydrogens (primary N) is 1. The van der Waals surface area contributed by atoms with Crippen molar-refractivity contribution >= 4 is 38.7 Å². The summed E-state index contributed by atoms with van der Waals surface area (Å²) in [6.07, 6.45) is 0. The summed E-state index contributed by atoms with van der Waals surface area (Å²) in [5.74, 6) is 4.84. The number of nitro groups is 1. The van der Waals surface area contributed by atoms with Gasteiger partial charge in [-0.15, -0.1) is 0 Å². The van der Waals surface area contributed by atoms with E-state index < -0.39 is 10.7 Å². The van der Waals surface area contributed by atoms with Crippen molar-refractivity contribution in [1.82, 2.24) is 0 Å². The van der Waals surface area contributed by atoms with Crippen LogP contribution in [-0.4, -0.2) is 4.92 Å². The van der Waals surface area contributed by atoms with Gasteiger partial charge < -0.3 is 10.7 Å². The van der Waals surface area contributed by atoms with Crippen LogP contribution in [0.3, 0.4) is 0 Å². The molecule has 4 N–H and O–H groups in total. The van der Waals surface area contributed by atoms with Crippen molar-refractivity contribution < 1.29 is 9.31 Å². The van der Waals surface area contributed by atoms with Gasteiger partial charge in [-0.2, -0.15) is 0 Å². The molecule has 8 heteroatoms. The number of anilines is 3. The predicted octanol–water partition coefficient (Wildman–Crippen LogP) is 3.53. The average Bonchev–Trinajstić information content (AvgIpc) is 2.42. The number of nitro benzene ring substituents is 1. The van der Waals surface area contributed by atoms with Crippen molar-refractivity contribution in [3.8, 4) is 0 Å². The lowest BCUT2D eigenvalue weighted by atomic mass is 10.2. The SMILES string of the molecule is NNc1cccc(Nc2ccc(F)c(Br)c2)c1[N+](=O)[O-]. The zero-order valence-corrected chi connectivity index (χ0v) is 11.6. The van der Waals surface area contributed by atoms with Gasteiger partial charge in [0.05, 0.1) is 9.40 Å². The van der Waals surface area contributed by atoms with Crippen LogP contribution in [0.2, 0.25) is 0 Å². The second-order valence-electron chi connectivity index (χ2n) is 3.86. The number of nitrogen functional groups attached to an aromatic ring is 1. The summed E-state index contributed by atoms with van der Waals surface area (Å²) >= 11 is 3.05. The van der Waals surface area contributed by atoms with Gasteiger partial charge in [-0.25, -0.2) is 4.39 Å². The molecular weight excluding hydrogens is 331 g/mol. The maximum Gasteiger partial charge on any atom is 0.316 e. The first-order valence-electron chi connectivity index (χ1n) is 5.49. The Bertz CT molecular complexity index is 666. The maximum atomic E-state index is 13.2. The van der Waals surface area contributed by atoms with E-state index in [1.165, 1.54) is 30.3 Å². The zero-order chi connectivity index (χ0) is 14.7. The van der Waals surface area contributed by atoms with E-state index in [0.717, 1.165) is 0 Å². The highest BCUT2D eigenvalue weighted by Crippen LogP contribution is 2.34. The van der Waals surface area contributed by atoms with Crippen LogP contribution in [0.1, 0.15) is 0 Å². The van der Waals surface area contributed by atoms with Crippen molar-refractivity contribution in [3.05, 3.63) is 56.8 Å². The molecule has 0 saturated heterocycles. The second kappa shape index (κ2) is 5.85. The molecule has 0 radical (unpaired) electrons. The summed E-state index contributed by atoms with van der Waals surface area (Å²) < 4.78 is 13.4. The third-order valence-electron chi connectivity index (χ3n) is 2.57. The van der Waals surface area contributed by atoms with Gasteiger partial charge in [0.1, 0.15) is 17.2 Å². The zero-order valence-electron chi connectivity index (χ0n) is 10.1. The van der Waals surface area contributed by atoms with Crippen LogP contribution in [0, 0.1) is 15.9 Å². The molecule has 104 valence electrons. The first kappa shape index (κ1) is 14.2. The fourth-order valence-electron chi connectivity index (χ4n) is 1.69. The minimum absolute atomic E-state index is 0.182.